The van der Waals surface area contributed by atoms with Crippen LogP contribution >= 0.6 is 11.6 Å². The molecular weight excluding hydrogens is 288 g/mol. The van der Waals surface area contributed by atoms with Gasteiger partial charge in [-0.05, 0) is 26.0 Å². The maximum atomic E-state index is 6.13. The number of nitrogens with two attached hydrogens (primary N) is 1. The minimum atomic E-state index is 0.0168. The third-order valence-electron chi connectivity index (χ3n) is 2.21. The molecule has 3 N–H and O–H groups in total. The van der Waals surface area contributed by atoms with E-state index in [4.69, 9.17) is 22.2 Å². The standard InChI is InChI=1S/C11H13ClN4O.2C2H6/c1-6(2)17-11-7-4-3-5-8(12)9(7)10(14-13)15-16-11;2*1-2/h3-6H,13H2,1-2H3,(H,14,15);2*1-2H3. The Morgan fingerprint density at radius 2 is 1.76 bits per heavy atom. The molecule has 6 heteroatoms. The highest BCUT2D eigenvalue weighted by Gasteiger charge is 2.13. The van der Waals surface area contributed by atoms with Gasteiger partial charge in [-0.1, -0.05) is 45.4 Å². The largest absolute Gasteiger partial charge is 0.473 e. The van der Waals surface area contributed by atoms with Gasteiger partial charge in [0.2, 0.25) is 5.88 Å². The molecule has 2 aromatic rings. The lowest BCUT2D eigenvalue weighted by Gasteiger charge is -2.12. The van der Waals surface area contributed by atoms with Crippen molar-refractivity contribution in [3.63, 3.8) is 0 Å². The first-order chi connectivity index (χ1) is 10.1. The fraction of sp³-hybridized carbons (Fsp3) is 0.467. The molecule has 1 heterocycles. The number of ether oxygens (including phenoxy) is 1. The second-order valence-electron chi connectivity index (χ2n) is 3.83. The zero-order valence-electron chi connectivity index (χ0n) is 13.6. The topological polar surface area (TPSA) is 73.1 Å². The lowest BCUT2D eigenvalue weighted by Crippen LogP contribution is -2.12. The van der Waals surface area contributed by atoms with E-state index >= 15 is 0 Å². The molecule has 5 nitrogen and oxygen atoms in total. The average Bonchev–Trinajstić information content (AvgIpc) is 2.52. The summed E-state index contributed by atoms with van der Waals surface area (Å²) in [6, 6.07) is 5.47. The van der Waals surface area contributed by atoms with Gasteiger partial charge in [-0.15, -0.1) is 10.2 Å². The predicted octanol–water partition coefficient (Wildman–Crippen LogP) is 4.41. The molecule has 0 saturated carbocycles. The molecule has 0 unspecified atom stereocenters. The Labute approximate surface area is 131 Å². The third kappa shape index (κ3) is 5.02. The van der Waals surface area contributed by atoms with Gasteiger partial charge in [0.15, 0.2) is 5.82 Å². The summed E-state index contributed by atoms with van der Waals surface area (Å²) >= 11 is 6.13. The van der Waals surface area contributed by atoms with Crippen LogP contribution in [0.4, 0.5) is 5.82 Å². The van der Waals surface area contributed by atoms with Gasteiger partial charge in [-0.2, -0.15) is 0 Å². The quantitative estimate of drug-likeness (QED) is 0.648. The van der Waals surface area contributed by atoms with Crippen molar-refractivity contribution >= 4 is 28.2 Å². The van der Waals surface area contributed by atoms with Crippen LogP contribution in [-0.4, -0.2) is 16.3 Å². The van der Waals surface area contributed by atoms with E-state index < -0.39 is 0 Å². The second kappa shape index (κ2) is 10.2. The molecule has 0 atom stereocenters. The summed E-state index contributed by atoms with van der Waals surface area (Å²) in [6.45, 7) is 11.8. The first kappa shape index (κ1) is 19.4. The minimum Gasteiger partial charge on any atom is -0.473 e. The summed E-state index contributed by atoms with van der Waals surface area (Å²) in [4.78, 5) is 0. The van der Waals surface area contributed by atoms with Crippen molar-refractivity contribution in [2.24, 2.45) is 5.84 Å². The van der Waals surface area contributed by atoms with Crippen molar-refractivity contribution in [2.75, 3.05) is 5.43 Å². The van der Waals surface area contributed by atoms with Crippen molar-refractivity contribution in [2.45, 2.75) is 47.6 Å². The van der Waals surface area contributed by atoms with Crippen LogP contribution in [0, 0.1) is 0 Å². The van der Waals surface area contributed by atoms with Gasteiger partial charge in [0.1, 0.15) is 0 Å². The SMILES string of the molecule is CC.CC.CC(C)Oc1nnc(NN)c2c(Cl)cccc12. The number of halogens is 1. The molecule has 0 aliphatic heterocycles. The monoisotopic (exact) mass is 312 g/mol. The average molecular weight is 313 g/mol. The Hall–Kier alpha value is -1.59. The Morgan fingerprint density at radius 3 is 2.29 bits per heavy atom. The first-order valence-electron chi connectivity index (χ1n) is 7.21. The van der Waals surface area contributed by atoms with Gasteiger partial charge < -0.3 is 10.2 Å². The molecule has 0 aliphatic carbocycles. The van der Waals surface area contributed by atoms with Gasteiger partial charge in [-0.3, -0.25) is 0 Å². The van der Waals surface area contributed by atoms with Crippen molar-refractivity contribution in [3.8, 4) is 5.88 Å². The van der Waals surface area contributed by atoms with Crippen LogP contribution in [0.3, 0.4) is 0 Å². The maximum absolute atomic E-state index is 6.13. The van der Waals surface area contributed by atoms with Crippen molar-refractivity contribution in [1.82, 2.24) is 10.2 Å². The molecule has 21 heavy (non-hydrogen) atoms. The molecule has 118 valence electrons. The minimum absolute atomic E-state index is 0.0168. The Morgan fingerprint density at radius 1 is 1.14 bits per heavy atom. The van der Waals surface area contributed by atoms with Crippen LogP contribution in [0.15, 0.2) is 18.2 Å². The zero-order valence-corrected chi connectivity index (χ0v) is 14.3. The molecule has 0 amide bonds. The van der Waals surface area contributed by atoms with Crippen LogP contribution in [0.5, 0.6) is 5.88 Å². The number of benzene rings is 1. The Kier molecular flexibility index (Phi) is 9.41. The van der Waals surface area contributed by atoms with E-state index in [9.17, 15) is 0 Å². The highest BCUT2D eigenvalue weighted by atomic mass is 35.5. The molecule has 1 aromatic carbocycles. The van der Waals surface area contributed by atoms with Gasteiger partial charge >= 0.3 is 0 Å². The number of nitrogens with one attached hydrogen (secondary N) is 1. The van der Waals surface area contributed by atoms with Crippen molar-refractivity contribution < 1.29 is 4.74 Å². The lowest BCUT2D eigenvalue weighted by atomic mass is 10.2. The van der Waals surface area contributed by atoms with Crippen LogP contribution in [0.2, 0.25) is 5.02 Å². The summed E-state index contributed by atoms with van der Waals surface area (Å²) in [7, 11) is 0. The van der Waals surface area contributed by atoms with Crippen LogP contribution in [-0.2, 0) is 0 Å². The number of nitrogen functional groups attached to an aromatic ring is 1. The summed E-state index contributed by atoms with van der Waals surface area (Å²) in [5.41, 5.74) is 2.48. The number of hydrogen-bond acceptors (Lipinski definition) is 5. The van der Waals surface area contributed by atoms with E-state index in [0.717, 1.165) is 5.39 Å². The molecule has 0 aliphatic rings. The number of anilines is 1. The number of fused-ring (bicyclic) bond motifs is 1. The summed E-state index contributed by atoms with van der Waals surface area (Å²) in [6.07, 6.45) is 0.0168. The molecule has 2 rings (SSSR count). The first-order valence-corrected chi connectivity index (χ1v) is 7.59. The molecule has 0 spiro atoms. The van der Waals surface area contributed by atoms with E-state index in [-0.39, 0.29) is 6.10 Å². The molecule has 0 radical (unpaired) electrons. The molecular formula is C15H25ClN4O. The van der Waals surface area contributed by atoms with Gasteiger partial charge in [0.05, 0.1) is 21.9 Å². The second-order valence-corrected chi connectivity index (χ2v) is 4.23. The van der Waals surface area contributed by atoms with Gasteiger partial charge in [0.25, 0.3) is 0 Å². The molecule has 0 bridgehead atoms. The van der Waals surface area contributed by atoms with E-state index in [1.54, 1.807) is 6.07 Å². The fourth-order valence-electron chi connectivity index (χ4n) is 1.55. The van der Waals surface area contributed by atoms with E-state index in [1.165, 1.54) is 0 Å². The normalized spacial score (nSPS) is 9.38. The van der Waals surface area contributed by atoms with Gasteiger partial charge in [-0.25, -0.2) is 5.84 Å². The summed E-state index contributed by atoms with van der Waals surface area (Å²) in [5.74, 6) is 6.27. The lowest BCUT2D eigenvalue weighted by molar-refractivity contribution is 0.233. The highest BCUT2D eigenvalue weighted by molar-refractivity contribution is 6.36. The van der Waals surface area contributed by atoms with E-state index in [1.807, 2.05) is 53.7 Å². The number of rotatable bonds is 3. The number of hydrazine groups is 1. The van der Waals surface area contributed by atoms with Crippen LogP contribution < -0.4 is 16.0 Å². The smallest absolute Gasteiger partial charge is 0.241 e. The third-order valence-corrected chi connectivity index (χ3v) is 2.52. The zero-order chi connectivity index (χ0) is 16.4. The molecule has 0 fully saturated rings. The fourth-order valence-corrected chi connectivity index (χ4v) is 1.82. The van der Waals surface area contributed by atoms with Crippen LogP contribution in [0.1, 0.15) is 41.5 Å². The number of hydrogen-bond donors (Lipinski definition) is 2. The Bertz CT molecular complexity index is 546. The highest BCUT2D eigenvalue weighted by Crippen LogP contribution is 2.33. The summed E-state index contributed by atoms with van der Waals surface area (Å²) in [5, 5.41) is 9.98. The van der Waals surface area contributed by atoms with E-state index in [0.29, 0.717) is 22.1 Å². The van der Waals surface area contributed by atoms with Crippen molar-refractivity contribution in [3.05, 3.63) is 23.2 Å². The Balaban J connectivity index is 0.000000921. The van der Waals surface area contributed by atoms with E-state index in [2.05, 4.69) is 15.6 Å². The predicted molar refractivity (Wildman–Crippen MR) is 90.8 cm³/mol. The number of aromatic nitrogens is 2. The molecule has 0 saturated heterocycles. The molecule has 1 aromatic heterocycles. The number of nitrogens with zero attached hydrogens (tertiary/aromatic N) is 2. The van der Waals surface area contributed by atoms with Crippen molar-refractivity contribution in [1.29, 1.82) is 0 Å². The maximum Gasteiger partial charge on any atom is 0.241 e. The van der Waals surface area contributed by atoms with Crippen LogP contribution in [0.25, 0.3) is 10.8 Å². The summed E-state index contributed by atoms with van der Waals surface area (Å²) < 4.78 is 5.58. The van der Waals surface area contributed by atoms with Gasteiger partial charge in [0, 0.05) is 0 Å².